The first-order chi connectivity index (χ1) is 8.20. The molecule has 1 aromatic carbocycles. The van der Waals surface area contributed by atoms with Gasteiger partial charge in [0.25, 0.3) is 0 Å². The van der Waals surface area contributed by atoms with Crippen LogP contribution >= 0.6 is 23.2 Å². The zero-order valence-electron chi connectivity index (χ0n) is 10.2. The van der Waals surface area contributed by atoms with Gasteiger partial charge in [-0.25, -0.2) is 0 Å². The quantitative estimate of drug-likeness (QED) is 0.785. The number of benzene rings is 1. The number of quaternary nitrogens is 2. The molecule has 1 aliphatic rings. The van der Waals surface area contributed by atoms with Crippen molar-refractivity contribution in [3.63, 3.8) is 0 Å². The molecule has 0 aromatic heterocycles. The molecule has 2 rings (SSSR count). The highest BCUT2D eigenvalue weighted by Crippen LogP contribution is 2.24. The van der Waals surface area contributed by atoms with E-state index < -0.39 is 0 Å². The van der Waals surface area contributed by atoms with Crippen molar-refractivity contribution in [1.82, 2.24) is 0 Å². The highest BCUT2D eigenvalue weighted by Gasteiger charge is 2.22. The van der Waals surface area contributed by atoms with E-state index in [0.29, 0.717) is 5.02 Å². The summed E-state index contributed by atoms with van der Waals surface area (Å²) in [5.41, 5.74) is 1.18. The van der Waals surface area contributed by atoms with E-state index in [2.05, 4.69) is 13.0 Å². The molecule has 2 nitrogen and oxygen atoms in total. The summed E-state index contributed by atoms with van der Waals surface area (Å²) in [7, 11) is 0. The number of hydrogen-bond donors (Lipinski definition) is 2. The van der Waals surface area contributed by atoms with Gasteiger partial charge < -0.3 is 9.80 Å². The maximum absolute atomic E-state index is 6.22. The van der Waals surface area contributed by atoms with E-state index in [9.17, 15) is 0 Å². The fourth-order valence-corrected chi connectivity index (χ4v) is 2.83. The maximum atomic E-state index is 6.22. The van der Waals surface area contributed by atoms with Crippen LogP contribution in [0.3, 0.4) is 0 Å². The van der Waals surface area contributed by atoms with Gasteiger partial charge in [-0.2, -0.15) is 0 Å². The SMILES string of the molecule is CC[NH+]1CC[NH+](Cc2cccc(Cl)c2Cl)CC1. The third-order valence-electron chi connectivity index (χ3n) is 3.64. The van der Waals surface area contributed by atoms with Crippen LogP contribution in [0, 0.1) is 0 Å². The lowest BCUT2D eigenvalue weighted by Gasteiger charge is -2.29. The zero-order valence-corrected chi connectivity index (χ0v) is 11.7. The average molecular weight is 275 g/mol. The standard InChI is InChI=1S/C13H18Cl2N2/c1-2-16-6-8-17(9-7-16)10-11-4-3-5-12(14)13(11)15/h3-5H,2,6-10H2,1H3/p+2. The fourth-order valence-electron chi connectivity index (χ4n) is 2.44. The largest absolute Gasteiger partial charge is 0.326 e. The number of halogens is 2. The van der Waals surface area contributed by atoms with Crippen molar-refractivity contribution in [1.29, 1.82) is 0 Å². The second-order valence-electron chi connectivity index (χ2n) is 4.74. The van der Waals surface area contributed by atoms with Gasteiger partial charge in [-0.1, -0.05) is 35.3 Å². The maximum Gasteiger partial charge on any atom is 0.127 e. The Kier molecular flexibility index (Phi) is 4.69. The molecule has 0 atom stereocenters. The third kappa shape index (κ3) is 3.35. The van der Waals surface area contributed by atoms with Gasteiger partial charge in [-0.15, -0.1) is 0 Å². The Morgan fingerprint density at radius 3 is 2.35 bits per heavy atom. The van der Waals surface area contributed by atoms with Crippen LogP contribution in [0.4, 0.5) is 0 Å². The summed E-state index contributed by atoms with van der Waals surface area (Å²) in [6.07, 6.45) is 0. The van der Waals surface area contributed by atoms with Crippen LogP contribution in [0.2, 0.25) is 10.0 Å². The van der Waals surface area contributed by atoms with Crippen molar-refractivity contribution in [3.05, 3.63) is 33.8 Å². The van der Waals surface area contributed by atoms with Gasteiger partial charge >= 0.3 is 0 Å². The van der Waals surface area contributed by atoms with E-state index in [4.69, 9.17) is 23.2 Å². The van der Waals surface area contributed by atoms with Crippen LogP contribution in [-0.2, 0) is 6.54 Å². The Morgan fingerprint density at radius 1 is 1.06 bits per heavy atom. The molecule has 0 bridgehead atoms. The topological polar surface area (TPSA) is 8.88 Å². The molecule has 0 aliphatic carbocycles. The highest BCUT2D eigenvalue weighted by atomic mass is 35.5. The predicted molar refractivity (Wildman–Crippen MR) is 72.1 cm³/mol. The molecule has 0 radical (unpaired) electrons. The van der Waals surface area contributed by atoms with Crippen molar-refractivity contribution in [2.75, 3.05) is 32.7 Å². The number of hydrogen-bond acceptors (Lipinski definition) is 0. The molecule has 2 N–H and O–H groups in total. The fraction of sp³-hybridized carbons (Fsp3) is 0.538. The summed E-state index contributed by atoms with van der Waals surface area (Å²) in [6.45, 7) is 9.49. The lowest BCUT2D eigenvalue weighted by Crippen LogP contribution is -3.27. The van der Waals surface area contributed by atoms with Gasteiger partial charge in [0.1, 0.15) is 32.7 Å². The van der Waals surface area contributed by atoms with Gasteiger partial charge in [0.2, 0.25) is 0 Å². The number of nitrogens with one attached hydrogen (secondary N) is 2. The van der Waals surface area contributed by atoms with Crippen LogP contribution in [0.25, 0.3) is 0 Å². The van der Waals surface area contributed by atoms with Gasteiger partial charge in [-0.05, 0) is 13.0 Å². The Morgan fingerprint density at radius 2 is 1.71 bits per heavy atom. The summed E-state index contributed by atoms with van der Waals surface area (Å²) in [6, 6.07) is 5.92. The molecule has 1 aromatic rings. The van der Waals surface area contributed by atoms with Crippen LogP contribution < -0.4 is 9.80 Å². The van der Waals surface area contributed by atoms with E-state index in [1.807, 2.05) is 12.1 Å². The van der Waals surface area contributed by atoms with Gasteiger partial charge in [-0.3, -0.25) is 0 Å². The van der Waals surface area contributed by atoms with Crippen molar-refractivity contribution < 1.29 is 9.80 Å². The smallest absolute Gasteiger partial charge is 0.127 e. The zero-order chi connectivity index (χ0) is 12.3. The van der Waals surface area contributed by atoms with E-state index in [0.717, 1.165) is 11.6 Å². The summed E-state index contributed by atoms with van der Waals surface area (Å²) < 4.78 is 0. The molecule has 94 valence electrons. The summed E-state index contributed by atoms with van der Waals surface area (Å²) in [5.74, 6) is 0. The van der Waals surface area contributed by atoms with Crippen LogP contribution in [-0.4, -0.2) is 32.7 Å². The Bertz CT molecular complexity index is 374. The lowest BCUT2D eigenvalue weighted by atomic mass is 10.2. The van der Waals surface area contributed by atoms with E-state index in [1.54, 1.807) is 9.80 Å². The third-order valence-corrected chi connectivity index (χ3v) is 4.49. The van der Waals surface area contributed by atoms with Crippen molar-refractivity contribution in [2.24, 2.45) is 0 Å². The minimum Gasteiger partial charge on any atom is -0.326 e. The first-order valence-electron chi connectivity index (χ1n) is 6.30. The monoisotopic (exact) mass is 274 g/mol. The predicted octanol–water partition coefficient (Wildman–Crippen LogP) is 0.297. The number of piperazine rings is 1. The first kappa shape index (κ1) is 13.2. The van der Waals surface area contributed by atoms with Crippen LogP contribution in [0.5, 0.6) is 0 Å². The van der Waals surface area contributed by atoms with E-state index >= 15 is 0 Å². The summed E-state index contributed by atoms with van der Waals surface area (Å²) >= 11 is 12.2. The molecule has 4 heteroatoms. The lowest BCUT2D eigenvalue weighted by molar-refractivity contribution is -1.02. The molecular formula is C13H20Cl2N2+2. The average Bonchev–Trinajstić information content (AvgIpc) is 2.36. The molecule has 0 amide bonds. The van der Waals surface area contributed by atoms with Crippen molar-refractivity contribution in [2.45, 2.75) is 13.5 Å². The second kappa shape index (κ2) is 6.05. The first-order valence-corrected chi connectivity index (χ1v) is 7.06. The molecule has 1 saturated heterocycles. The number of likely N-dealkylation sites (N-methyl/N-ethyl adjacent to an activating group) is 1. The normalized spacial score (nSPS) is 24.9. The Hall–Kier alpha value is -0.280. The molecule has 1 aliphatic heterocycles. The van der Waals surface area contributed by atoms with Crippen molar-refractivity contribution in [3.8, 4) is 0 Å². The van der Waals surface area contributed by atoms with Gasteiger partial charge in [0, 0.05) is 5.56 Å². The Balaban J connectivity index is 1.95. The molecule has 17 heavy (non-hydrogen) atoms. The second-order valence-corrected chi connectivity index (χ2v) is 5.53. The summed E-state index contributed by atoms with van der Waals surface area (Å²) in [4.78, 5) is 3.33. The Labute approximate surface area is 113 Å². The van der Waals surface area contributed by atoms with Gasteiger partial charge in [0.15, 0.2) is 0 Å². The minimum atomic E-state index is 0.668. The van der Waals surface area contributed by atoms with Crippen LogP contribution in [0.1, 0.15) is 12.5 Å². The molecule has 0 saturated carbocycles. The molecule has 1 fully saturated rings. The number of rotatable bonds is 3. The molecule has 0 unspecified atom stereocenters. The minimum absolute atomic E-state index is 0.668. The van der Waals surface area contributed by atoms with E-state index in [-0.39, 0.29) is 0 Å². The molecule has 0 spiro atoms. The summed E-state index contributed by atoms with van der Waals surface area (Å²) in [5, 5.41) is 1.40. The molecule has 1 heterocycles. The van der Waals surface area contributed by atoms with Crippen LogP contribution in [0.15, 0.2) is 18.2 Å². The molecular weight excluding hydrogens is 255 g/mol. The van der Waals surface area contributed by atoms with Crippen molar-refractivity contribution >= 4 is 23.2 Å². The van der Waals surface area contributed by atoms with E-state index in [1.165, 1.54) is 38.3 Å². The highest BCUT2D eigenvalue weighted by molar-refractivity contribution is 6.42. The van der Waals surface area contributed by atoms with Gasteiger partial charge in [0.05, 0.1) is 16.6 Å².